The summed E-state index contributed by atoms with van der Waals surface area (Å²) in [5.74, 6) is 1.53. The van der Waals surface area contributed by atoms with Crippen molar-refractivity contribution in [2.24, 2.45) is 0 Å². The molecule has 1 saturated heterocycles. The first kappa shape index (κ1) is 28.0. The van der Waals surface area contributed by atoms with Crippen LogP contribution in [0.1, 0.15) is 16.7 Å². The predicted octanol–water partition coefficient (Wildman–Crippen LogP) is 4.12. The van der Waals surface area contributed by atoms with Crippen LogP contribution in [0.25, 0.3) is 0 Å². The predicted molar refractivity (Wildman–Crippen MR) is 141 cm³/mol. The minimum absolute atomic E-state index is 0.263. The van der Waals surface area contributed by atoms with Crippen molar-refractivity contribution < 1.29 is 38.3 Å². The fourth-order valence-corrected chi connectivity index (χ4v) is 4.38. The molecule has 1 aliphatic heterocycles. The van der Waals surface area contributed by atoms with Crippen LogP contribution in [0, 0.1) is 0 Å². The first-order chi connectivity index (χ1) is 18.6. The Kier molecular flexibility index (Phi) is 10.5. The third-order valence-electron chi connectivity index (χ3n) is 6.49. The smallest absolute Gasteiger partial charge is 0.186 e. The van der Waals surface area contributed by atoms with E-state index in [1.165, 1.54) is 0 Å². The van der Waals surface area contributed by atoms with Crippen molar-refractivity contribution in [3.05, 3.63) is 95.6 Å². The SMILES string of the molecule is COc1ccc(CO[C@@H]2[C@@H](OCc3ccccc3)[C@@H](OC)O[C@H](CO)[C@H]2OCc2ccc(OC)cc2)cc1. The number of methoxy groups -OCH3 is 3. The van der Waals surface area contributed by atoms with Gasteiger partial charge in [-0.25, -0.2) is 0 Å². The third kappa shape index (κ3) is 7.32. The van der Waals surface area contributed by atoms with Gasteiger partial charge in [0, 0.05) is 7.11 Å². The van der Waals surface area contributed by atoms with Crippen molar-refractivity contribution in [1.82, 2.24) is 0 Å². The van der Waals surface area contributed by atoms with Gasteiger partial charge < -0.3 is 38.3 Å². The van der Waals surface area contributed by atoms with Gasteiger partial charge in [-0.2, -0.15) is 0 Å². The van der Waals surface area contributed by atoms with Crippen LogP contribution in [0.5, 0.6) is 11.5 Å². The molecule has 38 heavy (non-hydrogen) atoms. The lowest BCUT2D eigenvalue weighted by molar-refractivity contribution is -0.321. The summed E-state index contributed by atoms with van der Waals surface area (Å²) in [4.78, 5) is 0. The summed E-state index contributed by atoms with van der Waals surface area (Å²) in [5, 5.41) is 10.2. The fraction of sp³-hybridized carbons (Fsp3) is 0.400. The summed E-state index contributed by atoms with van der Waals surface area (Å²) < 4.78 is 41.4. The summed E-state index contributed by atoms with van der Waals surface area (Å²) in [5.41, 5.74) is 2.92. The van der Waals surface area contributed by atoms with Crippen molar-refractivity contribution in [3.63, 3.8) is 0 Å². The average Bonchev–Trinajstić information content (AvgIpc) is 2.98. The van der Waals surface area contributed by atoms with Crippen molar-refractivity contribution in [2.45, 2.75) is 50.5 Å². The molecule has 0 aliphatic carbocycles. The van der Waals surface area contributed by atoms with Gasteiger partial charge >= 0.3 is 0 Å². The van der Waals surface area contributed by atoms with Crippen LogP contribution in [0.2, 0.25) is 0 Å². The van der Waals surface area contributed by atoms with Gasteiger partial charge in [0.05, 0.1) is 40.6 Å². The van der Waals surface area contributed by atoms with E-state index in [-0.39, 0.29) is 6.61 Å². The minimum Gasteiger partial charge on any atom is -0.497 e. The highest BCUT2D eigenvalue weighted by molar-refractivity contribution is 5.27. The van der Waals surface area contributed by atoms with Crippen LogP contribution >= 0.6 is 0 Å². The zero-order chi connectivity index (χ0) is 26.7. The average molecular weight is 525 g/mol. The molecule has 3 aromatic rings. The van der Waals surface area contributed by atoms with E-state index in [9.17, 15) is 5.11 Å². The Balaban J connectivity index is 1.56. The van der Waals surface area contributed by atoms with Crippen LogP contribution in [-0.4, -0.2) is 63.7 Å². The zero-order valence-electron chi connectivity index (χ0n) is 22.0. The van der Waals surface area contributed by atoms with Crippen LogP contribution in [0.15, 0.2) is 78.9 Å². The molecule has 0 unspecified atom stereocenters. The molecular weight excluding hydrogens is 488 g/mol. The molecule has 0 bridgehead atoms. The summed E-state index contributed by atoms with van der Waals surface area (Å²) >= 11 is 0. The Morgan fingerprint density at radius 1 is 0.605 bits per heavy atom. The highest BCUT2D eigenvalue weighted by Crippen LogP contribution is 2.31. The van der Waals surface area contributed by atoms with Gasteiger partial charge in [0.1, 0.15) is 35.9 Å². The lowest BCUT2D eigenvalue weighted by Crippen LogP contribution is -2.61. The number of hydrogen-bond acceptors (Lipinski definition) is 8. The van der Waals surface area contributed by atoms with Crippen LogP contribution in [0.3, 0.4) is 0 Å². The number of ether oxygens (including phenoxy) is 7. The van der Waals surface area contributed by atoms with E-state index in [0.717, 1.165) is 28.2 Å². The summed E-state index contributed by atoms with van der Waals surface area (Å²) in [6.45, 7) is 0.670. The van der Waals surface area contributed by atoms with Crippen molar-refractivity contribution in [3.8, 4) is 11.5 Å². The molecule has 0 radical (unpaired) electrons. The maximum Gasteiger partial charge on any atom is 0.186 e. The summed E-state index contributed by atoms with van der Waals surface area (Å²) in [6.07, 6.45) is -3.24. The van der Waals surface area contributed by atoms with E-state index in [4.69, 9.17) is 33.2 Å². The van der Waals surface area contributed by atoms with E-state index in [1.807, 2.05) is 78.9 Å². The summed E-state index contributed by atoms with van der Waals surface area (Å²) in [6, 6.07) is 25.2. The van der Waals surface area contributed by atoms with Gasteiger partial charge in [0.2, 0.25) is 0 Å². The molecule has 1 fully saturated rings. The molecule has 4 rings (SSSR count). The molecule has 204 valence electrons. The molecule has 8 nitrogen and oxygen atoms in total. The van der Waals surface area contributed by atoms with Gasteiger partial charge in [-0.15, -0.1) is 0 Å². The Morgan fingerprint density at radius 2 is 1.08 bits per heavy atom. The van der Waals surface area contributed by atoms with Gasteiger partial charge in [-0.05, 0) is 41.0 Å². The van der Waals surface area contributed by atoms with E-state index < -0.39 is 30.7 Å². The Bertz CT molecular complexity index is 1070. The van der Waals surface area contributed by atoms with E-state index in [1.54, 1.807) is 21.3 Å². The highest BCUT2D eigenvalue weighted by Gasteiger charge is 2.48. The third-order valence-corrected chi connectivity index (χ3v) is 6.49. The molecular formula is C30H36O8. The van der Waals surface area contributed by atoms with Crippen molar-refractivity contribution in [1.29, 1.82) is 0 Å². The minimum atomic E-state index is -0.752. The normalized spacial score (nSPS) is 23.2. The zero-order valence-corrected chi connectivity index (χ0v) is 22.0. The molecule has 1 aliphatic rings. The van der Waals surface area contributed by atoms with E-state index >= 15 is 0 Å². The number of rotatable bonds is 13. The molecule has 1 heterocycles. The van der Waals surface area contributed by atoms with Crippen molar-refractivity contribution >= 4 is 0 Å². The van der Waals surface area contributed by atoms with Gasteiger partial charge in [0.25, 0.3) is 0 Å². The second kappa shape index (κ2) is 14.2. The van der Waals surface area contributed by atoms with Crippen LogP contribution in [-0.2, 0) is 43.5 Å². The van der Waals surface area contributed by atoms with E-state index in [2.05, 4.69) is 0 Å². The first-order valence-electron chi connectivity index (χ1n) is 12.6. The van der Waals surface area contributed by atoms with Crippen molar-refractivity contribution in [2.75, 3.05) is 27.9 Å². The molecule has 0 amide bonds. The molecule has 0 saturated carbocycles. The van der Waals surface area contributed by atoms with Gasteiger partial charge in [-0.1, -0.05) is 54.6 Å². The molecule has 5 atom stereocenters. The lowest BCUT2D eigenvalue weighted by atomic mass is 9.98. The summed E-state index contributed by atoms with van der Waals surface area (Å²) in [7, 11) is 4.81. The monoisotopic (exact) mass is 524 g/mol. The maximum atomic E-state index is 10.2. The fourth-order valence-electron chi connectivity index (χ4n) is 4.38. The number of aliphatic hydroxyl groups is 1. The molecule has 0 aromatic heterocycles. The standard InChI is InChI=1S/C30H36O8/c1-32-24-13-9-22(10-14-24)19-35-27-26(17-31)38-30(34-3)29(37-18-21-7-5-4-6-8-21)28(27)36-20-23-11-15-25(33-2)16-12-23/h4-16,26-31H,17-20H2,1-3H3/t26-,27-,28+,29-,30+/m1/s1. The maximum absolute atomic E-state index is 10.2. The Labute approximate surface area is 224 Å². The quantitative estimate of drug-likeness (QED) is 0.358. The Hall–Kier alpha value is -2.98. The van der Waals surface area contributed by atoms with Crippen LogP contribution < -0.4 is 9.47 Å². The van der Waals surface area contributed by atoms with Gasteiger partial charge in [-0.3, -0.25) is 0 Å². The number of benzene rings is 3. The number of aliphatic hydroxyl groups excluding tert-OH is 1. The topological polar surface area (TPSA) is 84.8 Å². The Morgan fingerprint density at radius 3 is 1.55 bits per heavy atom. The number of hydrogen-bond donors (Lipinski definition) is 1. The lowest BCUT2D eigenvalue weighted by Gasteiger charge is -2.45. The highest BCUT2D eigenvalue weighted by atomic mass is 16.7. The molecule has 8 heteroatoms. The molecule has 0 spiro atoms. The molecule has 1 N–H and O–H groups in total. The second-order valence-corrected chi connectivity index (χ2v) is 8.97. The molecule has 3 aromatic carbocycles. The van der Waals surface area contributed by atoms with Crippen LogP contribution in [0.4, 0.5) is 0 Å². The second-order valence-electron chi connectivity index (χ2n) is 8.97. The van der Waals surface area contributed by atoms with E-state index in [0.29, 0.717) is 19.8 Å². The largest absolute Gasteiger partial charge is 0.497 e. The van der Waals surface area contributed by atoms with Gasteiger partial charge in [0.15, 0.2) is 6.29 Å². The first-order valence-corrected chi connectivity index (χ1v) is 12.6.